The van der Waals surface area contributed by atoms with Gasteiger partial charge in [-0.05, 0) is 50.9 Å². The van der Waals surface area contributed by atoms with Gasteiger partial charge in [0.1, 0.15) is 0 Å². The lowest BCUT2D eigenvalue weighted by atomic mass is 9.86. The zero-order valence-corrected chi connectivity index (χ0v) is 15.4. The van der Waals surface area contributed by atoms with Crippen LogP contribution in [-0.2, 0) is 16.0 Å². The van der Waals surface area contributed by atoms with Crippen molar-refractivity contribution in [3.63, 3.8) is 0 Å². The largest absolute Gasteiger partial charge is 0.379 e. The van der Waals surface area contributed by atoms with Crippen LogP contribution in [0.2, 0.25) is 0 Å². The summed E-state index contributed by atoms with van der Waals surface area (Å²) >= 11 is 0. The molecule has 1 aromatic carbocycles. The summed E-state index contributed by atoms with van der Waals surface area (Å²) < 4.78 is 5.71. The molecule has 0 aliphatic carbocycles. The number of carbonyl (C=O) groups excluding carboxylic acids is 1. The molecule has 1 heterocycles. The normalized spacial score (nSPS) is 21.6. The van der Waals surface area contributed by atoms with Crippen molar-refractivity contribution in [2.75, 3.05) is 40.8 Å². The Hall–Kier alpha value is -1.65. The molecule has 1 aliphatic rings. The van der Waals surface area contributed by atoms with Crippen molar-refractivity contribution < 1.29 is 9.53 Å². The predicted octanol–water partition coefficient (Wildman–Crippen LogP) is 2.52. The van der Waals surface area contributed by atoms with E-state index in [1.165, 1.54) is 11.1 Å². The van der Waals surface area contributed by atoms with Gasteiger partial charge in [0.15, 0.2) is 0 Å². The van der Waals surface area contributed by atoms with Gasteiger partial charge in [-0.3, -0.25) is 4.79 Å². The van der Waals surface area contributed by atoms with Crippen LogP contribution < -0.4 is 0 Å². The first-order chi connectivity index (χ1) is 11.5. The molecule has 2 atom stereocenters. The predicted molar refractivity (Wildman–Crippen MR) is 98.1 cm³/mol. The second-order valence-corrected chi connectivity index (χ2v) is 6.90. The third-order valence-corrected chi connectivity index (χ3v) is 4.78. The molecule has 1 aromatic rings. The van der Waals surface area contributed by atoms with Gasteiger partial charge in [-0.25, -0.2) is 0 Å². The number of ether oxygens (including phenoxy) is 1. The van der Waals surface area contributed by atoms with E-state index in [-0.39, 0.29) is 12.0 Å². The molecule has 0 spiro atoms. The average molecular weight is 330 g/mol. The van der Waals surface area contributed by atoms with Crippen molar-refractivity contribution in [3.05, 3.63) is 47.5 Å². The maximum absolute atomic E-state index is 12.3. The van der Waals surface area contributed by atoms with E-state index in [0.717, 1.165) is 25.9 Å². The van der Waals surface area contributed by atoms with Crippen molar-refractivity contribution >= 4 is 5.91 Å². The van der Waals surface area contributed by atoms with E-state index < -0.39 is 0 Å². The minimum atomic E-state index is 0.0910. The average Bonchev–Trinajstić information content (AvgIpc) is 2.56. The zero-order valence-electron chi connectivity index (χ0n) is 15.4. The van der Waals surface area contributed by atoms with Crippen molar-refractivity contribution in [1.29, 1.82) is 0 Å². The quantitative estimate of drug-likeness (QED) is 0.752. The van der Waals surface area contributed by atoms with Crippen molar-refractivity contribution in [2.24, 2.45) is 5.92 Å². The molecule has 1 aliphatic heterocycles. The molecule has 4 heteroatoms. The monoisotopic (exact) mass is 330 g/mol. The van der Waals surface area contributed by atoms with Crippen LogP contribution in [0.5, 0.6) is 0 Å². The second-order valence-electron chi connectivity index (χ2n) is 6.90. The third-order valence-electron chi connectivity index (χ3n) is 4.78. The number of methoxy groups -OCH3 is 1. The van der Waals surface area contributed by atoms with Gasteiger partial charge in [0.2, 0.25) is 5.91 Å². The zero-order chi connectivity index (χ0) is 17.5. The summed E-state index contributed by atoms with van der Waals surface area (Å²) in [6.45, 7) is 4.42. The Morgan fingerprint density at radius 1 is 1.38 bits per heavy atom. The highest BCUT2D eigenvalue weighted by Crippen LogP contribution is 2.25. The van der Waals surface area contributed by atoms with E-state index >= 15 is 0 Å². The van der Waals surface area contributed by atoms with E-state index in [2.05, 4.69) is 31.2 Å². The molecule has 0 unspecified atom stereocenters. The lowest BCUT2D eigenvalue weighted by Crippen LogP contribution is -2.47. The number of amides is 1. The van der Waals surface area contributed by atoms with E-state index in [4.69, 9.17) is 4.74 Å². The van der Waals surface area contributed by atoms with Crippen LogP contribution in [0.4, 0.5) is 0 Å². The standard InChI is InChI=1S/C20H30N2O2/c1-16-8-5-6-9-17(16)14-18-11-13-22(15-19(18)24-4)20(23)10-7-12-21(2)3/h5-10,18-19H,11-15H2,1-4H3/b10-7+/t18-,19+/m1/s1. The number of piperidine rings is 1. The molecule has 132 valence electrons. The first kappa shape index (κ1) is 18.7. The minimum Gasteiger partial charge on any atom is -0.379 e. The lowest BCUT2D eigenvalue weighted by molar-refractivity contribution is -0.131. The summed E-state index contributed by atoms with van der Waals surface area (Å²) in [5, 5.41) is 0. The van der Waals surface area contributed by atoms with Crippen molar-refractivity contribution in [1.82, 2.24) is 9.80 Å². The highest BCUT2D eigenvalue weighted by molar-refractivity contribution is 5.87. The molecule has 1 fully saturated rings. The Bertz CT molecular complexity index is 569. The molecule has 4 nitrogen and oxygen atoms in total. The van der Waals surface area contributed by atoms with E-state index in [0.29, 0.717) is 12.5 Å². The minimum absolute atomic E-state index is 0.0910. The number of hydrogen-bond donors (Lipinski definition) is 0. The number of aryl methyl sites for hydroxylation is 1. The Morgan fingerprint density at radius 2 is 2.12 bits per heavy atom. The Morgan fingerprint density at radius 3 is 2.79 bits per heavy atom. The first-order valence-corrected chi connectivity index (χ1v) is 8.68. The van der Waals surface area contributed by atoms with Gasteiger partial charge in [0, 0.05) is 32.8 Å². The van der Waals surface area contributed by atoms with Crippen LogP contribution in [0.15, 0.2) is 36.4 Å². The first-order valence-electron chi connectivity index (χ1n) is 8.68. The number of rotatable bonds is 6. The molecule has 0 radical (unpaired) electrons. The van der Waals surface area contributed by atoms with Crippen LogP contribution >= 0.6 is 0 Å². The highest BCUT2D eigenvalue weighted by atomic mass is 16.5. The number of likely N-dealkylation sites (tertiary alicyclic amines) is 1. The number of hydrogen-bond acceptors (Lipinski definition) is 3. The van der Waals surface area contributed by atoms with Crippen LogP contribution in [0.1, 0.15) is 17.5 Å². The summed E-state index contributed by atoms with van der Waals surface area (Å²) in [6.07, 6.45) is 5.71. The Kier molecular flexibility index (Phi) is 7.00. The van der Waals surface area contributed by atoms with Crippen LogP contribution in [-0.4, -0.2) is 62.7 Å². The van der Waals surface area contributed by atoms with Gasteiger partial charge in [-0.1, -0.05) is 30.3 Å². The Balaban J connectivity index is 1.94. The molecular formula is C20H30N2O2. The summed E-state index contributed by atoms with van der Waals surface area (Å²) in [7, 11) is 5.74. The van der Waals surface area contributed by atoms with Gasteiger partial charge in [-0.2, -0.15) is 0 Å². The molecule has 1 amide bonds. The third kappa shape index (κ3) is 5.18. The molecule has 24 heavy (non-hydrogen) atoms. The SMILES string of the molecule is CO[C@H]1CN(C(=O)/C=C/CN(C)C)CC[C@@H]1Cc1ccccc1C. The van der Waals surface area contributed by atoms with Crippen molar-refractivity contribution in [3.8, 4) is 0 Å². The summed E-state index contributed by atoms with van der Waals surface area (Å²) in [5.41, 5.74) is 2.72. The van der Waals surface area contributed by atoms with E-state index in [1.54, 1.807) is 13.2 Å². The molecule has 0 N–H and O–H groups in total. The van der Waals surface area contributed by atoms with Crippen LogP contribution in [0, 0.1) is 12.8 Å². The number of benzene rings is 1. The van der Waals surface area contributed by atoms with Gasteiger partial charge in [-0.15, -0.1) is 0 Å². The fraction of sp³-hybridized carbons (Fsp3) is 0.550. The Labute approximate surface area is 146 Å². The number of carbonyl (C=O) groups is 1. The second kappa shape index (κ2) is 9.00. The maximum Gasteiger partial charge on any atom is 0.246 e. The summed E-state index contributed by atoms with van der Waals surface area (Å²) in [6, 6.07) is 8.53. The summed E-state index contributed by atoms with van der Waals surface area (Å²) in [4.78, 5) is 16.3. The van der Waals surface area contributed by atoms with E-state index in [9.17, 15) is 4.79 Å². The van der Waals surface area contributed by atoms with Crippen molar-refractivity contribution in [2.45, 2.75) is 25.9 Å². The molecule has 1 saturated heterocycles. The van der Waals surface area contributed by atoms with Gasteiger partial charge < -0.3 is 14.5 Å². The van der Waals surface area contributed by atoms with Gasteiger partial charge >= 0.3 is 0 Å². The van der Waals surface area contributed by atoms with Crippen LogP contribution in [0.25, 0.3) is 0 Å². The number of nitrogens with zero attached hydrogens (tertiary/aromatic N) is 2. The van der Waals surface area contributed by atoms with Crippen LogP contribution in [0.3, 0.4) is 0 Å². The molecule has 0 bridgehead atoms. The fourth-order valence-corrected chi connectivity index (χ4v) is 3.26. The highest BCUT2D eigenvalue weighted by Gasteiger charge is 2.31. The fourth-order valence-electron chi connectivity index (χ4n) is 3.26. The number of likely N-dealkylation sites (N-methyl/N-ethyl adjacent to an activating group) is 1. The van der Waals surface area contributed by atoms with Gasteiger partial charge in [0.25, 0.3) is 0 Å². The maximum atomic E-state index is 12.3. The van der Waals surface area contributed by atoms with Gasteiger partial charge in [0.05, 0.1) is 6.10 Å². The van der Waals surface area contributed by atoms with E-state index in [1.807, 2.05) is 30.0 Å². The molecule has 0 saturated carbocycles. The lowest BCUT2D eigenvalue weighted by Gasteiger charge is -2.37. The molecule has 0 aromatic heterocycles. The topological polar surface area (TPSA) is 32.8 Å². The smallest absolute Gasteiger partial charge is 0.246 e. The summed E-state index contributed by atoms with van der Waals surface area (Å²) in [5.74, 6) is 0.555. The molecular weight excluding hydrogens is 300 g/mol. The molecule has 2 rings (SSSR count).